The van der Waals surface area contributed by atoms with Gasteiger partial charge in [0, 0.05) is 27.8 Å². The van der Waals surface area contributed by atoms with E-state index in [9.17, 15) is 19.2 Å². The van der Waals surface area contributed by atoms with Crippen molar-refractivity contribution in [3.8, 4) is 28.6 Å². The summed E-state index contributed by atoms with van der Waals surface area (Å²) in [6.07, 6.45) is 4.49. The Kier molecular flexibility index (Phi) is 8.33. The number of hydrogen-bond acceptors (Lipinski definition) is 9. The van der Waals surface area contributed by atoms with Gasteiger partial charge in [-0.2, -0.15) is 0 Å². The molecule has 3 unspecified atom stereocenters. The van der Waals surface area contributed by atoms with Gasteiger partial charge in [0.05, 0.1) is 32.8 Å². The van der Waals surface area contributed by atoms with Gasteiger partial charge in [0.1, 0.15) is 29.3 Å². The minimum atomic E-state index is -0.858. The maximum atomic E-state index is 14.3. The first-order valence-electron chi connectivity index (χ1n) is 20.0. The molecule has 57 heavy (non-hydrogen) atoms. The minimum absolute atomic E-state index is 0.126. The van der Waals surface area contributed by atoms with Crippen molar-refractivity contribution in [1.29, 1.82) is 0 Å². The lowest BCUT2D eigenvalue weighted by atomic mass is 9.67. The topological polar surface area (TPSA) is 118 Å². The van der Waals surface area contributed by atoms with E-state index >= 15 is 0 Å². The van der Waals surface area contributed by atoms with Gasteiger partial charge in [-0.3, -0.25) is 19.2 Å². The molecule has 3 aromatic carbocycles. The summed E-state index contributed by atoms with van der Waals surface area (Å²) in [6, 6.07) is 11.7. The molecule has 5 aliphatic rings. The Morgan fingerprint density at radius 3 is 1.89 bits per heavy atom. The molecule has 9 nitrogen and oxygen atoms in total. The number of fused-ring (bicyclic) bond motifs is 10. The highest BCUT2D eigenvalue weighted by atomic mass is 16.5. The van der Waals surface area contributed by atoms with Crippen LogP contribution in [-0.4, -0.2) is 44.5 Å². The predicted octanol–water partition coefficient (Wildman–Crippen LogP) is 9.45. The van der Waals surface area contributed by atoms with Gasteiger partial charge in [-0.05, 0) is 109 Å². The molecule has 3 atom stereocenters. The number of methoxy groups -OCH3 is 3. The maximum Gasteiger partial charge on any atom is 0.237 e. The van der Waals surface area contributed by atoms with Crippen LogP contribution in [0.3, 0.4) is 0 Å². The molecule has 0 saturated carbocycles. The summed E-state index contributed by atoms with van der Waals surface area (Å²) in [4.78, 5) is 57.0. The van der Waals surface area contributed by atoms with Crippen molar-refractivity contribution in [2.75, 3.05) is 21.3 Å². The monoisotopic (exact) mass is 768 g/mol. The van der Waals surface area contributed by atoms with E-state index < -0.39 is 41.1 Å². The number of benzene rings is 3. The number of Topliss-reactive ketones (excluding diaryl/α,β-unsaturated/α-hetero) is 4. The van der Waals surface area contributed by atoms with E-state index in [1.807, 2.05) is 19.1 Å². The Labute approximate surface area is 332 Å². The Morgan fingerprint density at radius 2 is 1.30 bits per heavy atom. The van der Waals surface area contributed by atoms with Crippen molar-refractivity contribution in [2.45, 2.75) is 103 Å². The zero-order valence-electron chi connectivity index (χ0n) is 34.1. The molecule has 0 saturated heterocycles. The van der Waals surface area contributed by atoms with E-state index in [1.54, 1.807) is 19.1 Å². The van der Waals surface area contributed by atoms with Crippen LogP contribution in [-0.2, 0) is 33.2 Å². The molecule has 4 aliphatic carbocycles. The number of carbonyl (C=O) groups excluding carboxylic acids is 4. The van der Waals surface area contributed by atoms with Crippen LogP contribution in [0.4, 0.5) is 0 Å². The minimum Gasteiger partial charge on any atom is -0.493 e. The van der Waals surface area contributed by atoms with Crippen molar-refractivity contribution in [3.05, 3.63) is 109 Å². The van der Waals surface area contributed by atoms with Crippen molar-refractivity contribution in [3.63, 3.8) is 0 Å². The number of rotatable bonds is 6. The molecule has 4 aromatic rings. The van der Waals surface area contributed by atoms with Crippen LogP contribution < -0.4 is 14.2 Å². The first-order valence-corrected chi connectivity index (χ1v) is 20.0. The average Bonchev–Trinajstić information content (AvgIpc) is 3.71. The third-order valence-electron chi connectivity index (χ3n) is 13.7. The van der Waals surface area contributed by atoms with E-state index in [0.29, 0.717) is 79.9 Å². The summed E-state index contributed by atoms with van der Waals surface area (Å²) in [5.41, 5.74) is 7.90. The van der Waals surface area contributed by atoms with Gasteiger partial charge in [0.2, 0.25) is 28.9 Å². The standard InChI is InChI=1S/C48H48O9/c1-22-33-38(49)40(51)36-25-12-10-18-47(3,4)29(25)16-14-27(36)44(33)56-42(22)35(24-20-31(53-7)46(55-9)32(21-24)54-8)43-23(2)34-39(50)41(52)37-26-13-11-19-48(5,6)30(26)17-15-28(37)45(34)57-43/h14-17,20-21,33,35,44H,10-13,18-19H2,1-9H3. The van der Waals surface area contributed by atoms with Crippen LogP contribution in [0.1, 0.15) is 148 Å². The lowest BCUT2D eigenvalue weighted by Crippen LogP contribution is -2.37. The van der Waals surface area contributed by atoms with E-state index in [0.717, 1.165) is 54.4 Å². The van der Waals surface area contributed by atoms with E-state index in [4.69, 9.17) is 23.4 Å². The molecule has 9 heteroatoms. The number of allylic oxidation sites excluding steroid dienone is 1. The smallest absolute Gasteiger partial charge is 0.237 e. The second-order valence-electron chi connectivity index (χ2n) is 17.6. The third kappa shape index (κ3) is 5.12. The molecule has 0 amide bonds. The molecule has 1 aromatic heterocycles. The molecule has 0 spiro atoms. The second-order valence-corrected chi connectivity index (χ2v) is 17.6. The van der Waals surface area contributed by atoms with E-state index in [2.05, 4.69) is 39.8 Å². The van der Waals surface area contributed by atoms with Crippen LogP contribution in [0.5, 0.6) is 17.2 Å². The van der Waals surface area contributed by atoms with Crippen molar-refractivity contribution >= 4 is 23.1 Å². The highest BCUT2D eigenvalue weighted by Gasteiger charge is 2.52. The molecule has 0 radical (unpaired) electrons. The van der Waals surface area contributed by atoms with Crippen LogP contribution in [0, 0.1) is 12.8 Å². The fourth-order valence-corrected chi connectivity index (χ4v) is 10.7. The first-order chi connectivity index (χ1) is 27.1. The van der Waals surface area contributed by atoms with Gasteiger partial charge < -0.3 is 23.4 Å². The van der Waals surface area contributed by atoms with Gasteiger partial charge in [-0.1, -0.05) is 52.0 Å². The average molecular weight is 769 g/mol. The summed E-state index contributed by atoms with van der Waals surface area (Å²) in [5.74, 6) is -1.54. The summed E-state index contributed by atoms with van der Waals surface area (Å²) in [5, 5.41) is 0. The van der Waals surface area contributed by atoms with Crippen LogP contribution in [0.25, 0.3) is 11.3 Å². The molecule has 0 bridgehead atoms. The number of ketones is 4. The van der Waals surface area contributed by atoms with E-state index in [-0.39, 0.29) is 16.4 Å². The van der Waals surface area contributed by atoms with Gasteiger partial charge >= 0.3 is 0 Å². The van der Waals surface area contributed by atoms with Gasteiger partial charge in [-0.15, -0.1) is 0 Å². The molecule has 0 fully saturated rings. The predicted molar refractivity (Wildman–Crippen MR) is 213 cm³/mol. The molecule has 294 valence electrons. The van der Waals surface area contributed by atoms with Gasteiger partial charge in [0.15, 0.2) is 11.5 Å². The molecule has 0 N–H and O–H groups in total. The third-order valence-corrected chi connectivity index (χ3v) is 13.7. The fourth-order valence-electron chi connectivity index (χ4n) is 10.7. The van der Waals surface area contributed by atoms with Crippen LogP contribution >= 0.6 is 0 Å². The molecule has 2 heterocycles. The number of furan rings is 1. The van der Waals surface area contributed by atoms with Crippen LogP contribution in [0.15, 0.2) is 52.1 Å². The molecule has 9 rings (SSSR count). The van der Waals surface area contributed by atoms with Gasteiger partial charge in [-0.25, -0.2) is 0 Å². The van der Waals surface area contributed by atoms with Crippen molar-refractivity contribution < 1.29 is 42.5 Å². The quantitative estimate of drug-likeness (QED) is 0.177. The van der Waals surface area contributed by atoms with Gasteiger partial charge in [0.25, 0.3) is 0 Å². The van der Waals surface area contributed by atoms with Crippen molar-refractivity contribution in [2.24, 2.45) is 5.92 Å². The molecular formula is C48H48O9. The molecular weight excluding hydrogens is 721 g/mol. The van der Waals surface area contributed by atoms with E-state index in [1.165, 1.54) is 21.3 Å². The first kappa shape index (κ1) is 37.2. The summed E-state index contributed by atoms with van der Waals surface area (Å²) >= 11 is 0. The summed E-state index contributed by atoms with van der Waals surface area (Å²) in [7, 11) is 4.59. The highest BCUT2D eigenvalue weighted by Crippen LogP contribution is 2.56. The maximum absolute atomic E-state index is 14.3. The second kappa shape index (κ2) is 12.8. The number of hydrogen-bond donors (Lipinski definition) is 0. The number of carbonyl (C=O) groups is 4. The SMILES string of the molecule is COc1cc(C(C2=C(C)C3C(=O)C(=O)c4c(ccc5c4CCCC5(C)C)C3O2)c2oc3c(c2C)C(=O)C(=O)c2c-3ccc3c2CCCC3(C)C)cc(OC)c1OC. The summed E-state index contributed by atoms with van der Waals surface area (Å²) in [6.45, 7) is 12.3. The molecule has 1 aliphatic heterocycles. The fraction of sp³-hybridized carbons (Fsp3) is 0.417. The van der Waals surface area contributed by atoms with Crippen molar-refractivity contribution in [1.82, 2.24) is 0 Å². The normalized spacial score (nSPS) is 21.8. The summed E-state index contributed by atoms with van der Waals surface area (Å²) < 4.78 is 31.2. The zero-order valence-corrected chi connectivity index (χ0v) is 34.1. The van der Waals surface area contributed by atoms with Crippen LogP contribution in [0.2, 0.25) is 0 Å². The lowest BCUT2D eigenvalue weighted by molar-refractivity contribution is -0.120. The zero-order chi connectivity index (χ0) is 40.5. The largest absolute Gasteiger partial charge is 0.493 e. The highest BCUT2D eigenvalue weighted by molar-refractivity contribution is 6.53. The Balaban J connectivity index is 1.26. The lowest BCUT2D eigenvalue weighted by Gasteiger charge is -2.36. The Morgan fingerprint density at radius 1 is 0.719 bits per heavy atom. The Bertz CT molecular complexity index is 2500. The number of ether oxygens (including phenoxy) is 4. The Hall–Kier alpha value is -5.44.